The lowest BCUT2D eigenvalue weighted by molar-refractivity contribution is -0.122. The maximum absolute atomic E-state index is 13.5. The van der Waals surface area contributed by atoms with Crippen LogP contribution in [-0.2, 0) is 11.3 Å². The van der Waals surface area contributed by atoms with Crippen molar-refractivity contribution in [2.45, 2.75) is 13.0 Å². The second-order valence-electron chi connectivity index (χ2n) is 8.42. The number of nitrogens with zero attached hydrogens (tertiary/aromatic N) is 4. The molecule has 34 heavy (non-hydrogen) atoms. The Morgan fingerprint density at radius 1 is 0.794 bits per heavy atom. The van der Waals surface area contributed by atoms with Gasteiger partial charge in [-0.2, -0.15) is 5.01 Å². The molecule has 0 unspecified atom stereocenters. The van der Waals surface area contributed by atoms with Gasteiger partial charge in [-0.25, -0.2) is 18.6 Å². The highest BCUT2D eigenvalue weighted by Crippen LogP contribution is 2.27. The van der Waals surface area contributed by atoms with Crippen molar-refractivity contribution in [1.29, 1.82) is 0 Å². The van der Waals surface area contributed by atoms with E-state index in [4.69, 9.17) is 0 Å². The molecule has 0 atom stereocenters. The van der Waals surface area contributed by atoms with Crippen molar-refractivity contribution in [3.63, 3.8) is 0 Å². The number of halogens is 2. The number of piperazine rings is 1. The molecule has 3 aliphatic rings. The molecule has 0 aromatic heterocycles. The molecule has 0 aliphatic carbocycles. The summed E-state index contributed by atoms with van der Waals surface area (Å²) < 4.78 is 27.1. The van der Waals surface area contributed by atoms with Crippen LogP contribution in [0.5, 0.6) is 0 Å². The molecule has 1 N–H and O–H groups in total. The summed E-state index contributed by atoms with van der Waals surface area (Å²) in [5.41, 5.74) is 1.74. The number of anilines is 1. The second kappa shape index (κ2) is 8.49. The SMILES string of the molecule is O=C1CCN(N2C(=O)c3ccc(CN4CCN(c5cc(F)cc(F)c5)CC4)cc3C2=O)C(=O)N1. The molecule has 2 aromatic rings. The molecule has 3 aliphatic heterocycles. The van der Waals surface area contributed by atoms with Gasteiger partial charge in [0.2, 0.25) is 5.91 Å². The largest absolute Gasteiger partial charge is 0.369 e. The number of carbonyl (C=O) groups is 4. The zero-order valence-electron chi connectivity index (χ0n) is 18.1. The third-order valence-electron chi connectivity index (χ3n) is 6.19. The third kappa shape index (κ3) is 3.98. The van der Waals surface area contributed by atoms with E-state index in [2.05, 4.69) is 10.2 Å². The molecule has 5 rings (SSSR count). The zero-order valence-corrected chi connectivity index (χ0v) is 18.1. The van der Waals surface area contributed by atoms with Gasteiger partial charge in [0.1, 0.15) is 11.6 Å². The molecule has 0 saturated carbocycles. The maximum atomic E-state index is 13.5. The van der Waals surface area contributed by atoms with Gasteiger partial charge in [-0.3, -0.25) is 24.6 Å². The van der Waals surface area contributed by atoms with Gasteiger partial charge in [0, 0.05) is 50.9 Å². The normalized spacial score (nSPS) is 19.1. The summed E-state index contributed by atoms with van der Waals surface area (Å²) in [6.45, 7) is 2.94. The molecule has 2 saturated heterocycles. The molecular formula is C23H21F2N5O4. The molecule has 0 radical (unpaired) electrons. The number of amides is 5. The summed E-state index contributed by atoms with van der Waals surface area (Å²) in [6.07, 6.45) is -0.00135. The first-order valence-electron chi connectivity index (χ1n) is 10.9. The first kappa shape index (κ1) is 22.0. The van der Waals surface area contributed by atoms with Crippen molar-refractivity contribution in [3.8, 4) is 0 Å². The van der Waals surface area contributed by atoms with Gasteiger partial charge in [-0.05, 0) is 29.8 Å². The van der Waals surface area contributed by atoms with Gasteiger partial charge in [-0.1, -0.05) is 6.07 Å². The first-order valence-corrected chi connectivity index (χ1v) is 10.9. The number of imide groups is 2. The average Bonchev–Trinajstić information content (AvgIpc) is 3.03. The Morgan fingerprint density at radius 3 is 2.15 bits per heavy atom. The first-order chi connectivity index (χ1) is 16.3. The van der Waals surface area contributed by atoms with Gasteiger partial charge >= 0.3 is 6.03 Å². The van der Waals surface area contributed by atoms with Crippen LogP contribution in [0, 0.1) is 11.6 Å². The highest BCUT2D eigenvalue weighted by molar-refractivity contribution is 6.22. The fraction of sp³-hybridized carbons (Fsp3) is 0.304. The lowest BCUT2D eigenvalue weighted by Crippen LogP contribution is -2.58. The van der Waals surface area contributed by atoms with Gasteiger partial charge in [0.15, 0.2) is 0 Å². The van der Waals surface area contributed by atoms with Crippen molar-refractivity contribution < 1.29 is 28.0 Å². The van der Waals surface area contributed by atoms with Crippen LogP contribution in [0.1, 0.15) is 32.7 Å². The number of carbonyl (C=O) groups excluding carboxylic acids is 4. The van der Waals surface area contributed by atoms with Gasteiger partial charge < -0.3 is 4.90 Å². The number of hydrogen-bond donors (Lipinski definition) is 1. The predicted molar refractivity (Wildman–Crippen MR) is 116 cm³/mol. The molecule has 3 heterocycles. The summed E-state index contributed by atoms with van der Waals surface area (Å²) in [7, 11) is 0. The van der Waals surface area contributed by atoms with E-state index in [1.807, 2.05) is 4.90 Å². The highest BCUT2D eigenvalue weighted by atomic mass is 19.1. The smallest absolute Gasteiger partial charge is 0.343 e. The summed E-state index contributed by atoms with van der Waals surface area (Å²) >= 11 is 0. The van der Waals surface area contributed by atoms with E-state index >= 15 is 0 Å². The summed E-state index contributed by atoms with van der Waals surface area (Å²) in [6, 6.07) is 7.65. The molecule has 5 amide bonds. The summed E-state index contributed by atoms with van der Waals surface area (Å²) in [4.78, 5) is 53.3. The number of benzene rings is 2. The predicted octanol–water partition coefficient (Wildman–Crippen LogP) is 1.74. The maximum Gasteiger partial charge on any atom is 0.343 e. The Morgan fingerprint density at radius 2 is 1.47 bits per heavy atom. The zero-order chi connectivity index (χ0) is 24.0. The molecule has 2 fully saturated rings. The number of urea groups is 1. The van der Waals surface area contributed by atoms with Gasteiger partial charge in [0.25, 0.3) is 11.8 Å². The lowest BCUT2D eigenvalue weighted by Gasteiger charge is -2.36. The lowest BCUT2D eigenvalue weighted by atomic mass is 10.1. The molecule has 11 heteroatoms. The van der Waals surface area contributed by atoms with Gasteiger partial charge in [-0.15, -0.1) is 0 Å². The number of fused-ring (bicyclic) bond motifs is 1. The summed E-state index contributed by atoms with van der Waals surface area (Å²) in [5.74, 6) is -2.89. The van der Waals surface area contributed by atoms with Crippen LogP contribution in [0.15, 0.2) is 36.4 Å². The van der Waals surface area contributed by atoms with Crippen molar-refractivity contribution in [2.75, 3.05) is 37.6 Å². The number of hydrogen-bond acceptors (Lipinski definition) is 6. The highest BCUT2D eigenvalue weighted by Gasteiger charge is 2.43. The molecule has 9 nitrogen and oxygen atoms in total. The fourth-order valence-electron chi connectivity index (χ4n) is 4.48. The van der Waals surface area contributed by atoms with E-state index in [-0.39, 0.29) is 24.1 Å². The quantitative estimate of drug-likeness (QED) is 0.686. The van der Waals surface area contributed by atoms with E-state index in [1.165, 1.54) is 12.1 Å². The van der Waals surface area contributed by atoms with Crippen LogP contribution in [0.2, 0.25) is 0 Å². The number of hydrazine groups is 1. The minimum Gasteiger partial charge on any atom is -0.369 e. The van der Waals surface area contributed by atoms with Gasteiger partial charge in [0.05, 0.1) is 17.7 Å². The standard InChI is InChI=1S/C23H21F2N5O4/c24-15-10-16(25)12-17(11-15)28-7-5-27(6-8-28)13-14-1-2-18-19(9-14)22(33)30(21(18)32)29-4-3-20(31)26-23(29)34/h1-2,9-12H,3-8,13H2,(H,26,31,34). The van der Waals surface area contributed by atoms with Crippen LogP contribution in [0.25, 0.3) is 0 Å². The van der Waals surface area contributed by atoms with Crippen molar-refractivity contribution >= 4 is 29.4 Å². The van der Waals surface area contributed by atoms with Crippen molar-refractivity contribution in [2.24, 2.45) is 0 Å². The van der Waals surface area contributed by atoms with E-state index in [9.17, 15) is 28.0 Å². The van der Waals surface area contributed by atoms with E-state index in [0.29, 0.717) is 38.4 Å². The molecule has 176 valence electrons. The Kier molecular flexibility index (Phi) is 5.48. The molecule has 0 spiro atoms. The molecule has 0 bridgehead atoms. The number of rotatable bonds is 4. The molecule has 2 aromatic carbocycles. The minimum atomic E-state index is -0.804. The summed E-state index contributed by atoms with van der Waals surface area (Å²) in [5, 5.41) is 3.85. The van der Waals surface area contributed by atoms with Crippen LogP contribution >= 0.6 is 0 Å². The van der Waals surface area contributed by atoms with Crippen molar-refractivity contribution in [1.82, 2.24) is 20.2 Å². The topological polar surface area (TPSA) is 93.3 Å². The minimum absolute atomic E-state index is 0.00135. The van der Waals surface area contributed by atoms with Crippen molar-refractivity contribution in [3.05, 3.63) is 64.7 Å². The Hall–Kier alpha value is -3.86. The average molecular weight is 469 g/mol. The van der Waals surface area contributed by atoms with Crippen LogP contribution in [0.4, 0.5) is 19.3 Å². The fourth-order valence-corrected chi connectivity index (χ4v) is 4.48. The number of nitrogens with one attached hydrogen (secondary N) is 1. The third-order valence-corrected chi connectivity index (χ3v) is 6.19. The second-order valence-corrected chi connectivity index (χ2v) is 8.42. The van der Waals surface area contributed by atoms with Crippen LogP contribution in [-0.4, -0.2) is 71.4 Å². The van der Waals surface area contributed by atoms with Crippen LogP contribution < -0.4 is 10.2 Å². The monoisotopic (exact) mass is 469 g/mol. The van der Waals surface area contributed by atoms with E-state index in [1.54, 1.807) is 18.2 Å². The molecular weight excluding hydrogens is 448 g/mol. The van der Waals surface area contributed by atoms with Crippen LogP contribution in [0.3, 0.4) is 0 Å². The Labute approximate surface area is 193 Å². The Bertz CT molecular complexity index is 1190. The van der Waals surface area contributed by atoms with E-state index in [0.717, 1.165) is 21.6 Å². The van der Waals surface area contributed by atoms with E-state index < -0.39 is 35.4 Å². The Balaban J connectivity index is 1.25.